The predicted molar refractivity (Wildman–Crippen MR) is 329 cm³/mol. The molecule has 7 aliphatic rings. The fourth-order valence-electron chi connectivity index (χ4n) is 14.8. The minimum absolute atomic E-state index is 0.00316. The van der Waals surface area contributed by atoms with Gasteiger partial charge in [0.15, 0.2) is 29.6 Å². The summed E-state index contributed by atoms with van der Waals surface area (Å²) < 4.78 is 30.1. The number of fused-ring (bicyclic) bond motifs is 9. The van der Waals surface area contributed by atoms with E-state index in [1.807, 2.05) is 37.3 Å². The summed E-state index contributed by atoms with van der Waals surface area (Å²) in [7, 11) is 0. The summed E-state index contributed by atoms with van der Waals surface area (Å²) in [4.78, 5) is 112. The van der Waals surface area contributed by atoms with Crippen LogP contribution in [-0.4, -0.2) is 144 Å². The van der Waals surface area contributed by atoms with Crippen molar-refractivity contribution in [3.63, 3.8) is 0 Å². The highest BCUT2D eigenvalue weighted by Crippen LogP contribution is 2.70. The number of thiazole rings is 1. The van der Waals surface area contributed by atoms with Gasteiger partial charge in [-0.1, -0.05) is 85.9 Å². The number of aliphatic hydroxyl groups is 5. The molecule has 4 aromatic carbocycles. The van der Waals surface area contributed by atoms with Gasteiger partial charge in [-0.05, 0) is 109 Å². The number of ketones is 3. The first-order valence-electron chi connectivity index (χ1n) is 30.5. The number of amides is 4. The van der Waals surface area contributed by atoms with E-state index >= 15 is 0 Å². The first-order chi connectivity index (χ1) is 44.6. The Morgan fingerprint density at radius 1 is 0.871 bits per heavy atom. The van der Waals surface area contributed by atoms with E-state index in [1.165, 1.54) is 34.4 Å². The average molecular weight is 1290 g/mol. The molecule has 14 atom stereocenters. The largest absolute Gasteiger partial charge is 0.479 e. The van der Waals surface area contributed by atoms with Crippen LogP contribution in [0.3, 0.4) is 0 Å². The van der Waals surface area contributed by atoms with Gasteiger partial charge in [0.05, 0.1) is 46.4 Å². The number of carboxylic acids is 1. The smallest absolute Gasteiger partial charge is 0.411 e. The molecule has 1 aromatic heterocycles. The number of ether oxygens (including phenoxy) is 5. The summed E-state index contributed by atoms with van der Waals surface area (Å²) >= 11 is 1.31. The number of rotatable bonds is 18. The summed E-state index contributed by atoms with van der Waals surface area (Å²) in [5.41, 5.74) is 1.74. The normalized spacial score (nSPS) is 29.5. The third-order valence-electron chi connectivity index (χ3n) is 19.2. The van der Waals surface area contributed by atoms with Gasteiger partial charge in [0, 0.05) is 59.1 Å². The van der Waals surface area contributed by atoms with Crippen molar-refractivity contribution in [2.24, 2.45) is 28.6 Å². The molecule has 5 aromatic rings. The topological polar surface area (TPSA) is 356 Å². The van der Waals surface area contributed by atoms with Crippen LogP contribution in [-0.2, 0) is 72.1 Å². The maximum absolute atomic E-state index is 14.1. The molecule has 24 nitrogen and oxygen atoms in total. The average Bonchev–Trinajstić information content (AvgIpc) is 1.54. The van der Waals surface area contributed by atoms with Crippen LogP contribution < -0.4 is 25.6 Å². The second-order valence-corrected chi connectivity index (χ2v) is 26.0. The van der Waals surface area contributed by atoms with Crippen LogP contribution in [0.15, 0.2) is 121 Å². The van der Waals surface area contributed by atoms with Crippen molar-refractivity contribution in [1.82, 2.24) is 10.3 Å². The zero-order chi connectivity index (χ0) is 65.7. The monoisotopic (exact) mass is 1290 g/mol. The van der Waals surface area contributed by atoms with Gasteiger partial charge in [0.2, 0.25) is 23.9 Å². The fraction of sp³-hybridized carbons (Fsp3) is 0.397. The Morgan fingerprint density at radius 3 is 2.44 bits per heavy atom. The number of Topliss-reactive ketones (excluding diaryl/α,β-unsaturated/α-hetero) is 2. The fourth-order valence-corrected chi connectivity index (χ4v) is 15.7. The van der Waals surface area contributed by atoms with Gasteiger partial charge in [0.1, 0.15) is 37.3 Å². The number of nitrogens with zero attached hydrogens (tertiary/aromatic N) is 2. The summed E-state index contributed by atoms with van der Waals surface area (Å²) in [6, 6.07) is 25.1. The van der Waals surface area contributed by atoms with Crippen LogP contribution in [0, 0.1) is 40.4 Å². The predicted octanol–water partition coefficient (Wildman–Crippen LogP) is 4.71. The molecule has 0 spiro atoms. The molecule has 4 amide bonds. The number of benzene rings is 4. The van der Waals surface area contributed by atoms with Gasteiger partial charge in [-0.3, -0.25) is 34.1 Å². The van der Waals surface area contributed by atoms with Gasteiger partial charge in [0.25, 0.3) is 5.91 Å². The Labute approximate surface area is 536 Å². The molecule has 25 heteroatoms. The quantitative estimate of drug-likeness (QED) is 0.0326. The minimum Gasteiger partial charge on any atom is -0.479 e. The molecule has 484 valence electrons. The standard InChI is InChI=1S/C68H67N5O19S/c1-66-22-20-42(75)27-40(66)17-18-43-44-28-52-68(51(78)33-74,67(44,2)30-48(77)56(43)66)92-63(90-52)50-31-70-54(93-50)26-35-8-7-12-41(24-35)71-65(87)88-34-36-14-19-49(89-64-59(83)57(81)58(82)60(91-64)62(85)86)45(25-36)72-53(79)21-23-69-61(84)47(76)29-55(80)73-32-39-11-4-3-9-37(39)15-16-38-10-5-6-13-46(38)73/h3-14,19-20,22,24-25,27,31,43-44,48,52,56-60,63-64,74,77,81-83H,17-18,21,23,26,28-30,32-34H2,1-2H3,(H,69,84)(H,71,87)(H,72,79)(H,85,86)/t43-,44-,48-,52+,56+,57-,58-,59+,60-,63+,64+,66-,67-,68+/m0/s1. The number of aliphatic hydroxyl groups excluding tert-OH is 5. The molecule has 93 heavy (non-hydrogen) atoms. The highest BCUT2D eigenvalue weighted by molar-refractivity contribution is 7.11. The zero-order valence-electron chi connectivity index (χ0n) is 50.4. The lowest BCUT2D eigenvalue weighted by Crippen LogP contribution is -2.63. The Hall–Kier alpha value is -8.81. The van der Waals surface area contributed by atoms with Crippen molar-refractivity contribution in [3.8, 4) is 17.6 Å². The maximum Gasteiger partial charge on any atom is 0.411 e. The molecule has 9 N–H and O–H groups in total. The van der Waals surface area contributed by atoms with Crippen LogP contribution in [0.4, 0.5) is 21.9 Å². The van der Waals surface area contributed by atoms with E-state index in [0.29, 0.717) is 51.6 Å². The Balaban J connectivity index is 0.669. The Morgan fingerprint density at radius 2 is 1.65 bits per heavy atom. The van der Waals surface area contributed by atoms with Crippen LogP contribution >= 0.6 is 11.3 Å². The molecule has 4 heterocycles. The van der Waals surface area contributed by atoms with Crippen molar-refractivity contribution < 1.29 is 92.7 Å². The maximum atomic E-state index is 14.1. The highest BCUT2D eigenvalue weighted by atomic mass is 32.1. The van der Waals surface area contributed by atoms with E-state index < -0.39 is 133 Å². The van der Waals surface area contributed by atoms with Gasteiger partial charge < -0.3 is 69.9 Å². The van der Waals surface area contributed by atoms with Crippen molar-refractivity contribution in [2.75, 3.05) is 28.7 Å². The molecule has 12 rings (SSSR count). The van der Waals surface area contributed by atoms with Crippen molar-refractivity contribution in [2.45, 2.75) is 127 Å². The zero-order valence-corrected chi connectivity index (χ0v) is 51.2. The van der Waals surface area contributed by atoms with Crippen LogP contribution in [0.1, 0.15) is 96.4 Å². The van der Waals surface area contributed by atoms with Crippen LogP contribution in [0.25, 0.3) is 0 Å². The van der Waals surface area contributed by atoms with E-state index in [-0.39, 0.29) is 60.0 Å². The van der Waals surface area contributed by atoms with Crippen molar-refractivity contribution in [3.05, 3.63) is 159 Å². The molecule has 2 saturated heterocycles. The molecule has 4 aliphatic carbocycles. The number of anilines is 3. The molecule has 0 radical (unpaired) electrons. The van der Waals surface area contributed by atoms with E-state index in [0.717, 1.165) is 23.1 Å². The lowest BCUT2D eigenvalue weighted by Gasteiger charge is -2.59. The summed E-state index contributed by atoms with van der Waals surface area (Å²) in [6.45, 7) is 2.57. The minimum atomic E-state index is -2.03. The van der Waals surface area contributed by atoms with Crippen LogP contribution in [0.2, 0.25) is 0 Å². The molecule has 5 fully saturated rings. The van der Waals surface area contributed by atoms with Gasteiger partial charge >= 0.3 is 12.1 Å². The third kappa shape index (κ3) is 12.3. The van der Waals surface area contributed by atoms with Crippen LogP contribution in [0.5, 0.6) is 5.75 Å². The summed E-state index contributed by atoms with van der Waals surface area (Å²) in [6.07, 6.45) is -5.36. The molecular formula is C68H67N5O19S. The molecule has 3 saturated carbocycles. The lowest BCUT2D eigenvalue weighted by atomic mass is 9.46. The summed E-state index contributed by atoms with van der Waals surface area (Å²) in [5.74, 6) is -0.187. The number of hydrogen-bond donors (Lipinski definition) is 9. The highest BCUT2D eigenvalue weighted by Gasteiger charge is 2.76. The number of hydrogen-bond acceptors (Lipinski definition) is 20. The van der Waals surface area contributed by atoms with E-state index in [1.54, 1.807) is 66.9 Å². The van der Waals surface area contributed by atoms with Crippen molar-refractivity contribution in [1.29, 1.82) is 0 Å². The number of carbonyl (C=O) groups is 8. The van der Waals surface area contributed by atoms with E-state index in [9.17, 15) is 69.0 Å². The first-order valence-corrected chi connectivity index (χ1v) is 31.3. The van der Waals surface area contributed by atoms with Gasteiger partial charge in [-0.25, -0.2) is 14.6 Å². The molecule has 3 aliphatic heterocycles. The number of aromatic nitrogens is 1. The number of aliphatic carboxylic acids is 1. The molecule has 0 unspecified atom stereocenters. The number of carbonyl (C=O) groups excluding carboxylic acids is 7. The SMILES string of the molecule is C[C@]12C=CC(=O)C=C1CC[C@@H]1[C@@H]2[C@@H](O)C[C@@]2(C)[C@H]1C[C@H]1O[C@@H](c3cnc(Cc4cccc(NC(=O)OCc5ccc(O[C@@H]6O[C@H](C(=O)O)[C@@H](O)[C@H](O)[C@H]6O)c(NC(=O)CCNC(=O)C(=O)CC(=O)N6Cc7ccccc7C#Cc7ccccc76)c5)c4)s3)O[C@]12C(=O)CO. The van der Waals surface area contributed by atoms with E-state index in [2.05, 4.69) is 39.7 Å². The Bertz CT molecular complexity index is 3990. The molecular weight excluding hydrogens is 1220 g/mol. The van der Waals surface area contributed by atoms with Gasteiger partial charge in [-0.15, -0.1) is 11.3 Å². The molecule has 0 bridgehead atoms. The number of allylic oxidation sites excluding steroid dienone is 4. The third-order valence-corrected chi connectivity index (χ3v) is 20.3. The number of para-hydroxylation sites is 1. The van der Waals surface area contributed by atoms with Gasteiger partial charge in [-0.2, -0.15) is 0 Å². The lowest BCUT2D eigenvalue weighted by molar-refractivity contribution is -0.271. The summed E-state index contributed by atoms with van der Waals surface area (Å²) in [5, 5.41) is 72.0. The number of nitrogens with one attached hydrogen (secondary N) is 3. The first kappa shape index (κ1) is 64.3. The Kier molecular flexibility index (Phi) is 17.9. The van der Waals surface area contributed by atoms with Crippen molar-refractivity contribution >= 4 is 75.5 Å². The van der Waals surface area contributed by atoms with E-state index in [4.69, 9.17) is 23.7 Å². The second-order valence-electron chi connectivity index (χ2n) is 24.8. The second kappa shape index (κ2) is 25.9. The number of carboxylic acid groups (broad SMARTS) is 1.